The molecule has 0 unspecified atom stereocenters. The van der Waals surface area contributed by atoms with Crippen LogP contribution in [0.3, 0.4) is 0 Å². The number of carbonyl (C=O) groups is 2. The van der Waals surface area contributed by atoms with E-state index in [1.807, 2.05) is 0 Å². The molecule has 0 saturated heterocycles. The normalized spacial score (nSPS) is 13.9. The molecule has 0 radical (unpaired) electrons. The van der Waals surface area contributed by atoms with Gasteiger partial charge >= 0.3 is 12.1 Å². The summed E-state index contributed by atoms with van der Waals surface area (Å²) in [4.78, 5) is 25.3. The lowest BCUT2D eigenvalue weighted by Crippen LogP contribution is -2.36. The van der Waals surface area contributed by atoms with Crippen molar-refractivity contribution in [3.8, 4) is 0 Å². The zero-order valence-corrected chi connectivity index (χ0v) is 15.1. The van der Waals surface area contributed by atoms with E-state index in [1.54, 1.807) is 29.2 Å². The molecule has 148 valence electrons. The standard InChI is InChI=1S/C21H20F3NO3/c22-21(23,24)18-5-1-3-14(11-18)4-2-6-19(26)25-10-9-15-7-8-16(20(27)28)12-17(15)13-25/h1,3,5,7-8,11-12H,2,4,6,9-10,13H2,(H,27,28). The molecule has 1 heterocycles. The van der Waals surface area contributed by atoms with Gasteiger partial charge in [0.15, 0.2) is 0 Å². The number of nitrogens with zero attached hydrogens (tertiary/aromatic N) is 1. The van der Waals surface area contributed by atoms with Crippen LogP contribution in [0, 0.1) is 0 Å². The molecule has 2 aromatic rings. The highest BCUT2D eigenvalue weighted by Crippen LogP contribution is 2.30. The third-order valence-electron chi connectivity index (χ3n) is 4.93. The number of carbonyl (C=O) groups excluding carboxylic acids is 1. The largest absolute Gasteiger partial charge is 0.478 e. The van der Waals surface area contributed by atoms with E-state index in [-0.39, 0.29) is 17.9 Å². The van der Waals surface area contributed by atoms with E-state index in [0.717, 1.165) is 23.3 Å². The summed E-state index contributed by atoms with van der Waals surface area (Å²) in [5.41, 5.74) is 1.93. The lowest BCUT2D eigenvalue weighted by Gasteiger charge is -2.29. The Kier molecular flexibility index (Phi) is 5.72. The maximum atomic E-state index is 12.8. The highest BCUT2D eigenvalue weighted by atomic mass is 19.4. The van der Waals surface area contributed by atoms with Gasteiger partial charge < -0.3 is 10.0 Å². The summed E-state index contributed by atoms with van der Waals surface area (Å²) in [6.07, 6.45) is -2.62. The lowest BCUT2D eigenvalue weighted by atomic mass is 9.97. The van der Waals surface area contributed by atoms with Crippen molar-refractivity contribution in [2.45, 2.75) is 38.4 Å². The number of rotatable bonds is 5. The molecule has 0 bridgehead atoms. The van der Waals surface area contributed by atoms with E-state index in [1.165, 1.54) is 6.07 Å². The highest BCUT2D eigenvalue weighted by Gasteiger charge is 2.30. The molecule has 0 aromatic heterocycles. The lowest BCUT2D eigenvalue weighted by molar-refractivity contribution is -0.137. The summed E-state index contributed by atoms with van der Waals surface area (Å²) in [5.74, 6) is -1.08. The van der Waals surface area contributed by atoms with Crippen LogP contribution in [0.2, 0.25) is 0 Å². The first-order valence-corrected chi connectivity index (χ1v) is 9.03. The predicted molar refractivity (Wildman–Crippen MR) is 96.9 cm³/mol. The van der Waals surface area contributed by atoms with Gasteiger partial charge in [-0.3, -0.25) is 4.79 Å². The number of aryl methyl sites for hydroxylation is 1. The zero-order chi connectivity index (χ0) is 20.3. The van der Waals surface area contributed by atoms with Crippen molar-refractivity contribution in [3.05, 3.63) is 70.3 Å². The average Bonchev–Trinajstić information content (AvgIpc) is 2.66. The summed E-state index contributed by atoms with van der Waals surface area (Å²) >= 11 is 0. The van der Waals surface area contributed by atoms with Crippen LogP contribution in [0.15, 0.2) is 42.5 Å². The molecule has 4 nitrogen and oxygen atoms in total. The Labute approximate surface area is 160 Å². The van der Waals surface area contributed by atoms with E-state index >= 15 is 0 Å². The monoisotopic (exact) mass is 391 g/mol. The van der Waals surface area contributed by atoms with Crippen molar-refractivity contribution in [1.82, 2.24) is 4.90 Å². The van der Waals surface area contributed by atoms with Crippen molar-refractivity contribution < 1.29 is 27.9 Å². The Morgan fingerprint density at radius 3 is 2.57 bits per heavy atom. The number of benzene rings is 2. The number of halogens is 3. The molecular formula is C21H20F3NO3. The highest BCUT2D eigenvalue weighted by molar-refractivity contribution is 5.88. The molecule has 1 amide bonds. The Balaban J connectivity index is 1.56. The molecule has 0 fully saturated rings. The van der Waals surface area contributed by atoms with Crippen LogP contribution < -0.4 is 0 Å². The zero-order valence-electron chi connectivity index (χ0n) is 15.1. The van der Waals surface area contributed by atoms with Crippen molar-refractivity contribution >= 4 is 11.9 Å². The molecule has 0 spiro atoms. The second-order valence-corrected chi connectivity index (χ2v) is 6.91. The summed E-state index contributed by atoms with van der Waals surface area (Å²) < 4.78 is 38.3. The topological polar surface area (TPSA) is 57.6 Å². The van der Waals surface area contributed by atoms with Crippen LogP contribution in [0.25, 0.3) is 0 Å². The quantitative estimate of drug-likeness (QED) is 0.826. The SMILES string of the molecule is O=C(O)c1ccc2c(c1)CN(C(=O)CCCc1cccc(C(F)(F)F)c1)CC2. The van der Waals surface area contributed by atoms with Crippen molar-refractivity contribution in [2.75, 3.05) is 6.54 Å². The van der Waals surface area contributed by atoms with Crippen molar-refractivity contribution in [2.24, 2.45) is 0 Å². The average molecular weight is 391 g/mol. The minimum atomic E-state index is -4.37. The van der Waals surface area contributed by atoms with Crippen LogP contribution in [-0.2, 0) is 30.4 Å². The molecule has 1 aliphatic rings. The van der Waals surface area contributed by atoms with Gasteiger partial charge in [-0.25, -0.2) is 4.79 Å². The van der Waals surface area contributed by atoms with Gasteiger partial charge in [0.05, 0.1) is 11.1 Å². The predicted octanol–water partition coefficient (Wildman–Crippen LogP) is 4.31. The Morgan fingerprint density at radius 1 is 1.07 bits per heavy atom. The van der Waals surface area contributed by atoms with Crippen LogP contribution in [0.5, 0.6) is 0 Å². The molecule has 28 heavy (non-hydrogen) atoms. The number of carboxylic acids is 1. The first kappa shape index (κ1) is 19.9. The van der Waals surface area contributed by atoms with Gasteiger partial charge in [0, 0.05) is 19.5 Å². The molecule has 1 N–H and O–H groups in total. The van der Waals surface area contributed by atoms with E-state index in [4.69, 9.17) is 5.11 Å². The molecule has 7 heteroatoms. The third-order valence-corrected chi connectivity index (χ3v) is 4.93. The second kappa shape index (κ2) is 8.04. The van der Waals surface area contributed by atoms with Gasteiger partial charge in [0.2, 0.25) is 5.91 Å². The molecular weight excluding hydrogens is 371 g/mol. The summed E-state index contributed by atoms with van der Waals surface area (Å²) in [7, 11) is 0. The Morgan fingerprint density at radius 2 is 1.86 bits per heavy atom. The fourth-order valence-corrected chi connectivity index (χ4v) is 3.41. The number of fused-ring (bicyclic) bond motifs is 1. The van der Waals surface area contributed by atoms with Crippen LogP contribution in [0.4, 0.5) is 13.2 Å². The van der Waals surface area contributed by atoms with Crippen LogP contribution >= 0.6 is 0 Å². The molecule has 0 atom stereocenters. The van der Waals surface area contributed by atoms with Crippen LogP contribution in [-0.4, -0.2) is 28.4 Å². The maximum Gasteiger partial charge on any atom is 0.416 e. The van der Waals surface area contributed by atoms with Crippen LogP contribution in [0.1, 0.15) is 45.5 Å². The number of hydrogen-bond acceptors (Lipinski definition) is 2. The number of amides is 1. The van der Waals surface area contributed by atoms with Gasteiger partial charge in [-0.05, 0) is 54.2 Å². The van der Waals surface area contributed by atoms with E-state index in [9.17, 15) is 22.8 Å². The number of aromatic carboxylic acids is 1. The molecule has 2 aromatic carbocycles. The first-order valence-electron chi connectivity index (χ1n) is 9.03. The molecule has 0 saturated carbocycles. The molecule has 1 aliphatic heterocycles. The van der Waals surface area contributed by atoms with Crippen molar-refractivity contribution in [1.29, 1.82) is 0 Å². The fraction of sp³-hybridized carbons (Fsp3) is 0.333. The second-order valence-electron chi connectivity index (χ2n) is 6.91. The summed E-state index contributed by atoms with van der Waals surface area (Å²) in [6, 6.07) is 10.1. The van der Waals surface area contributed by atoms with E-state index in [0.29, 0.717) is 37.9 Å². The van der Waals surface area contributed by atoms with Gasteiger partial charge in [0.1, 0.15) is 0 Å². The Hall–Kier alpha value is -2.83. The van der Waals surface area contributed by atoms with E-state index < -0.39 is 17.7 Å². The van der Waals surface area contributed by atoms with E-state index in [2.05, 4.69) is 0 Å². The Bertz CT molecular complexity index is 893. The number of hydrogen-bond donors (Lipinski definition) is 1. The summed E-state index contributed by atoms with van der Waals surface area (Å²) in [6.45, 7) is 0.917. The van der Waals surface area contributed by atoms with Gasteiger partial charge in [-0.2, -0.15) is 13.2 Å². The minimum Gasteiger partial charge on any atom is -0.478 e. The minimum absolute atomic E-state index is 0.0710. The van der Waals surface area contributed by atoms with Gasteiger partial charge in [0.25, 0.3) is 0 Å². The number of alkyl halides is 3. The summed E-state index contributed by atoms with van der Waals surface area (Å²) in [5, 5.41) is 9.10. The number of carboxylic acid groups (broad SMARTS) is 1. The first-order chi connectivity index (χ1) is 13.2. The van der Waals surface area contributed by atoms with Crippen molar-refractivity contribution in [3.63, 3.8) is 0 Å². The van der Waals surface area contributed by atoms with Gasteiger partial charge in [-0.1, -0.05) is 24.3 Å². The smallest absolute Gasteiger partial charge is 0.416 e. The van der Waals surface area contributed by atoms with Gasteiger partial charge in [-0.15, -0.1) is 0 Å². The fourth-order valence-electron chi connectivity index (χ4n) is 3.41. The maximum absolute atomic E-state index is 12.8. The molecule has 3 rings (SSSR count). The third kappa shape index (κ3) is 4.71. The molecule has 0 aliphatic carbocycles.